The molecule has 4 aromatic rings. The molecule has 4 rings (SSSR count). The minimum absolute atomic E-state index is 0.0422. The molecule has 0 bridgehead atoms. The summed E-state index contributed by atoms with van der Waals surface area (Å²) in [6.45, 7) is 1.91. The number of aromatic nitrogens is 5. The SMILES string of the molecule is CC(Nc1cnn(-c2ccc(Cl)cc2)c(=O)c1Cl)c1nnc2ccccn12. The Bertz CT molecular complexity index is 1170. The van der Waals surface area contributed by atoms with Gasteiger partial charge in [0.25, 0.3) is 5.56 Å². The van der Waals surface area contributed by atoms with Gasteiger partial charge in [-0.25, -0.2) is 0 Å². The molecule has 27 heavy (non-hydrogen) atoms. The third-order valence-electron chi connectivity index (χ3n) is 4.09. The predicted molar refractivity (Wildman–Crippen MR) is 105 cm³/mol. The van der Waals surface area contributed by atoms with E-state index in [0.717, 1.165) is 5.65 Å². The first-order chi connectivity index (χ1) is 13.0. The maximum absolute atomic E-state index is 12.6. The fourth-order valence-corrected chi connectivity index (χ4v) is 3.06. The molecule has 3 aromatic heterocycles. The highest BCUT2D eigenvalue weighted by atomic mass is 35.5. The molecule has 0 amide bonds. The monoisotopic (exact) mass is 400 g/mol. The summed E-state index contributed by atoms with van der Waals surface area (Å²) in [5.41, 5.74) is 1.31. The van der Waals surface area contributed by atoms with Crippen LogP contribution in [-0.2, 0) is 0 Å². The molecule has 0 spiro atoms. The van der Waals surface area contributed by atoms with E-state index in [4.69, 9.17) is 23.2 Å². The minimum atomic E-state index is -0.428. The molecule has 1 unspecified atom stereocenters. The van der Waals surface area contributed by atoms with E-state index in [9.17, 15) is 4.79 Å². The Labute approximate surface area is 164 Å². The van der Waals surface area contributed by atoms with Crippen molar-refractivity contribution in [1.82, 2.24) is 24.4 Å². The van der Waals surface area contributed by atoms with Gasteiger partial charge >= 0.3 is 0 Å². The number of benzene rings is 1. The third-order valence-corrected chi connectivity index (χ3v) is 4.71. The first kappa shape index (κ1) is 17.5. The second-order valence-electron chi connectivity index (χ2n) is 5.92. The minimum Gasteiger partial charge on any atom is -0.373 e. The molecule has 0 aliphatic heterocycles. The number of hydrogen-bond acceptors (Lipinski definition) is 5. The van der Waals surface area contributed by atoms with Crippen LogP contribution in [0.2, 0.25) is 10.0 Å². The van der Waals surface area contributed by atoms with Crippen molar-refractivity contribution in [3.05, 3.63) is 81.1 Å². The standard InChI is InChI=1S/C18H14Cl2N6O/c1-11(17-24-23-15-4-2-3-9-25(15)17)22-14-10-21-26(18(27)16(14)20)13-7-5-12(19)6-8-13/h2-11,22H,1H3. The largest absolute Gasteiger partial charge is 0.373 e. The van der Waals surface area contributed by atoms with Gasteiger partial charge in [0.2, 0.25) is 0 Å². The van der Waals surface area contributed by atoms with Gasteiger partial charge in [0, 0.05) is 11.2 Å². The van der Waals surface area contributed by atoms with Crippen LogP contribution in [0.5, 0.6) is 0 Å². The number of nitrogens with one attached hydrogen (secondary N) is 1. The van der Waals surface area contributed by atoms with E-state index in [1.165, 1.54) is 10.9 Å². The van der Waals surface area contributed by atoms with Gasteiger partial charge in [-0.2, -0.15) is 9.78 Å². The van der Waals surface area contributed by atoms with Crippen LogP contribution in [0.1, 0.15) is 18.8 Å². The number of fused-ring (bicyclic) bond motifs is 1. The van der Waals surface area contributed by atoms with Crippen molar-refractivity contribution in [3.63, 3.8) is 0 Å². The molecular formula is C18H14Cl2N6O. The summed E-state index contributed by atoms with van der Waals surface area (Å²) in [5.74, 6) is 0.698. The van der Waals surface area contributed by atoms with Gasteiger partial charge in [0.05, 0.1) is 23.6 Å². The highest BCUT2D eigenvalue weighted by Crippen LogP contribution is 2.23. The Morgan fingerprint density at radius 3 is 2.63 bits per heavy atom. The second kappa shape index (κ2) is 7.02. The number of halogens is 2. The van der Waals surface area contributed by atoms with Crippen molar-refractivity contribution in [1.29, 1.82) is 0 Å². The molecular weight excluding hydrogens is 387 g/mol. The molecule has 0 aliphatic rings. The lowest BCUT2D eigenvalue weighted by Gasteiger charge is -2.15. The van der Waals surface area contributed by atoms with Crippen LogP contribution in [-0.4, -0.2) is 24.4 Å². The van der Waals surface area contributed by atoms with Crippen LogP contribution in [0.25, 0.3) is 11.3 Å². The first-order valence-electron chi connectivity index (χ1n) is 8.14. The van der Waals surface area contributed by atoms with Gasteiger partial charge in [0.1, 0.15) is 5.02 Å². The molecule has 1 atom stereocenters. The van der Waals surface area contributed by atoms with Crippen molar-refractivity contribution >= 4 is 34.5 Å². The van der Waals surface area contributed by atoms with Gasteiger partial charge < -0.3 is 5.32 Å². The summed E-state index contributed by atoms with van der Waals surface area (Å²) < 4.78 is 3.09. The van der Waals surface area contributed by atoms with E-state index < -0.39 is 5.56 Å². The fourth-order valence-electron chi connectivity index (χ4n) is 2.75. The van der Waals surface area contributed by atoms with Crippen LogP contribution in [0.15, 0.2) is 59.7 Å². The zero-order valence-electron chi connectivity index (χ0n) is 14.2. The predicted octanol–water partition coefficient (Wildman–Crippen LogP) is 3.76. The molecule has 0 fully saturated rings. The zero-order chi connectivity index (χ0) is 19.0. The van der Waals surface area contributed by atoms with Crippen LogP contribution >= 0.6 is 23.2 Å². The highest BCUT2D eigenvalue weighted by Gasteiger charge is 2.17. The van der Waals surface area contributed by atoms with Crippen molar-refractivity contribution < 1.29 is 0 Å². The number of rotatable bonds is 4. The van der Waals surface area contributed by atoms with E-state index >= 15 is 0 Å². The summed E-state index contributed by atoms with van der Waals surface area (Å²) >= 11 is 12.2. The zero-order valence-corrected chi connectivity index (χ0v) is 15.7. The van der Waals surface area contributed by atoms with Gasteiger partial charge in [-0.05, 0) is 43.3 Å². The lowest BCUT2D eigenvalue weighted by molar-refractivity contribution is 0.762. The number of anilines is 1. The molecule has 0 aliphatic carbocycles. The smallest absolute Gasteiger partial charge is 0.292 e. The number of hydrogen-bond donors (Lipinski definition) is 1. The van der Waals surface area contributed by atoms with E-state index in [2.05, 4.69) is 20.6 Å². The number of nitrogens with zero attached hydrogens (tertiary/aromatic N) is 5. The molecule has 1 aromatic carbocycles. The van der Waals surface area contributed by atoms with Crippen LogP contribution in [0.4, 0.5) is 5.69 Å². The summed E-state index contributed by atoms with van der Waals surface area (Å²) in [5, 5.41) is 16.3. The molecule has 136 valence electrons. The lowest BCUT2D eigenvalue weighted by atomic mass is 10.3. The Morgan fingerprint density at radius 2 is 1.85 bits per heavy atom. The van der Waals surface area contributed by atoms with Gasteiger partial charge in [-0.1, -0.05) is 29.3 Å². The fraction of sp³-hybridized carbons (Fsp3) is 0.111. The van der Waals surface area contributed by atoms with Crippen molar-refractivity contribution in [2.45, 2.75) is 13.0 Å². The Balaban J connectivity index is 1.65. The molecule has 0 saturated heterocycles. The van der Waals surface area contributed by atoms with Crippen molar-refractivity contribution in [2.24, 2.45) is 0 Å². The molecule has 0 saturated carbocycles. The van der Waals surface area contributed by atoms with Crippen molar-refractivity contribution in [2.75, 3.05) is 5.32 Å². The van der Waals surface area contributed by atoms with Crippen LogP contribution in [0.3, 0.4) is 0 Å². The molecule has 7 nitrogen and oxygen atoms in total. The Morgan fingerprint density at radius 1 is 1.07 bits per heavy atom. The molecule has 0 radical (unpaired) electrons. The maximum Gasteiger partial charge on any atom is 0.292 e. The maximum atomic E-state index is 12.6. The highest BCUT2D eigenvalue weighted by molar-refractivity contribution is 6.33. The van der Waals surface area contributed by atoms with E-state index in [0.29, 0.717) is 22.2 Å². The van der Waals surface area contributed by atoms with E-state index in [-0.39, 0.29) is 11.1 Å². The topological polar surface area (TPSA) is 77.1 Å². The summed E-state index contributed by atoms with van der Waals surface area (Å²) in [6.07, 6.45) is 3.39. The Kier molecular flexibility index (Phi) is 4.55. The molecule has 1 N–H and O–H groups in total. The number of pyridine rings is 1. The van der Waals surface area contributed by atoms with E-state index in [1.807, 2.05) is 35.7 Å². The molecule has 3 heterocycles. The van der Waals surface area contributed by atoms with E-state index in [1.54, 1.807) is 24.3 Å². The first-order valence-corrected chi connectivity index (χ1v) is 8.90. The van der Waals surface area contributed by atoms with Gasteiger partial charge in [0.15, 0.2) is 11.5 Å². The third kappa shape index (κ3) is 3.27. The average Bonchev–Trinajstić information content (AvgIpc) is 3.11. The van der Waals surface area contributed by atoms with Crippen molar-refractivity contribution in [3.8, 4) is 5.69 Å². The normalized spacial score (nSPS) is 12.3. The van der Waals surface area contributed by atoms with Crippen LogP contribution < -0.4 is 10.9 Å². The summed E-state index contributed by atoms with van der Waals surface area (Å²) in [4.78, 5) is 12.6. The van der Waals surface area contributed by atoms with Gasteiger partial charge in [-0.3, -0.25) is 9.20 Å². The summed E-state index contributed by atoms with van der Waals surface area (Å²) in [6, 6.07) is 12.2. The Hall–Kier alpha value is -2.90. The lowest BCUT2D eigenvalue weighted by Crippen LogP contribution is -2.23. The molecule has 9 heteroatoms. The summed E-state index contributed by atoms with van der Waals surface area (Å²) in [7, 11) is 0. The van der Waals surface area contributed by atoms with Crippen LogP contribution in [0, 0.1) is 0 Å². The second-order valence-corrected chi connectivity index (χ2v) is 6.73. The quantitative estimate of drug-likeness (QED) is 0.564. The average molecular weight is 401 g/mol. The van der Waals surface area contributed by atoms with Gasteiger partial charge in [-0.15, -0.1) is 10.2 Å².